The Morgan fingerprint density at radius 1 is 1.28 bits per heavy atom. The van der Waals surface area contributed by atoms with Crippen molar-refractivity contribution in [2.45, 2.75) is 46.2 Å². The molecule has 2 amide bonds. The van der Waals surface area contributed by atoms with Gasteiger partial charge in [0.2, 0.25) is 0 Å². The highest BCUT2D eigenvalue weighted by molar-refractivity contribution is 5.91. The number of carbonyl (C=O) groups excluding carboxylic acids is 1. The average Bonchev–Trinajstić information content (AvgIpc) is 3.13. The molecule has 1 aromatic carbocycles. The summed E-state index contributed by atoms with van der Waals surface area (Å²) in [4.78, 5) is 17.4. The Bertz CT molecular complexity index is 837. The van der Waals surface area contributed by atoms with Gasteiger partial charge in [-0.3, -0.25) is 0 Å². The fourth-order valence-corrected chi connectivity index (χ4v) is 3.70. The molecule has 0 aliphatic carbocycles. The first-order valence-corrected chi connectivity index (χ1v) is 10.2. The highest BCUT2D eigenvalue weighted by atomic mass is 16.5. The van der Waals surface area contributed by atoms with Crippen molar-refractivity contribution in [1.82, 2.24) is 9.80 Å². The van der Waals surface area contributed by atoms with E-state index in [1.807, 2.05) is 62.1 Å². The fraction of sp³-hybridized carbons (Fsp3) is 0.435. The van der Waals surface area contributed by atoms with Gasteiger partial charge < -0.3 is 24.3 Å². The van der Waals surface area contributed by atoms with Crippen LogP contribution in [0, 0.1) is 6.92 Å². The molecule has 1 saturated heterocycles. The van der Waals surface area contributed by atoms with Gasteiger partial charge in [-0.2, -0.15) is 0 Å². The molecule has 1 aliphatic heterocycles. The number of carbonyl (C=O) groups is 1. The van der Waals surface area contributed by atoms with Crippen LogP contribution in [0.3, 0.4) is 0 Å². The first-order chi connectivity index (χ1) is 14.0. The number of hydrogen-bond donors (Lipinski definition) is 1. The number of nitrogens with zero attached hydrogens (tertiary/aromatic N) is 2. The third-order valence-corrected chi connectivity index (χ3v) is 5.26. The van der Waals surface area contributed by atoms with Gasteiger partial charge in [-0.25, -0.2) is 4.79 Å². The normalized spacial score (nSPS) is 14.5. The summed E-state index contributed by atoms with van der Waals surface area (Å²) in [7, 11) is 0. The van der Waals surface area contributed by atoms with Crippen molar-refractivity contribution < 1.29 is 13.9 Å². The van der Waals surface area contributed by atoms with Gasteiger partial charge in [-0.1, -0.05) is 18.7 Å². The number of anilines is 1. The molecule has 0 atom stereocenters. The number of benzene rings is 1. The lowest BCUT2D eigenvalue weighted by atomic mass is 10.0. The number of rotatable bonds is 7. The molecule has 0 spiro atoms. The Kier molecular flexibility index (Phi) is 6.86. The third kappa shape index (κ3) is 5.34. The van der Waals surface area contributed by atoms with Gasteiger partial charge >= 0.3 is 6.03 Å². The SMILES string of the molecule is C=C(C)N1CCC(N(Cc2ccc(C)o2)C(=O)Nc2ccccc2OCC)CC1. The number of allylic oxidation sites excluding steroid dienone is 1. The van der Waals surface area contributed by atoms with E-state index in [0.717, 1.165) is 43.1 Å². The minimum Gasteiger partial charge on any atom is -0.492 e. The highest BCUT2D eigenvalue weighted by Gasteiger charge is 2.29. The van der Waals surface area contributed by atoms with E-state index in [1.54, 1.807) is 0 Å². The highest BCUT2D eigenvalue weighted by Crippen LogP contribution is 2.27. The van der Waals surface area contributed by atoms with Gasteiger partial charge in [-0.05, 0) is 57.9 Å². The third-order valence-electron chi connectivity index (χ3n) is 5.26. The number of hydrogen-bond acceptors (Lipinski definition) is 4. The monoisotopic (exact) mass is 397 g/mol. The zero-order valence-electron chi connectivity index (χ0n) is 17.6. The molecule has 0 radical (unpaired) electrons. The maximum absolute atomic E-state index is 13.3. The molecule has 0 saturated carbocycles. The fourth-order valence-electron chi connectivity index (χ4n) is 3.70. The van der Waals surface area contributed by atoms with E-state index < -0.39 is 0 Å². The Balaban J connectivity index is 1.77. The van der Waals surface area contributed by atoms with Crippen LogP contribution >= 0.6 is 0 Å². The van der Waals surface area contributed by atoms with Crippen LogP contribution in [0.4, 0.5) is 10.5 Å². The summed E-state index contributed by atoms with van der Waals surface area (Å²) in [6.07, 6.45) is 1.79. The number of furan rings is 1. The van der Waals surface area contributed by atoms with E-state index in [2.05, 4.69) is 16.8 Å². The second kappa shape index (κ2) is 9.54. The van der Waals surface area contributed by atoms with Crippen LogP contribution in [0.2, 0.25) is 0 Å². The van der Waals surface area contributed by atoms with E-state index in [1.165, 1.54) is 0 Å². The first kappa shape index (κ1) is 20.8. The molecular formula is C23H31N3O3. The van der Waals surface area contributed by atoms with E-state index >= 15 is 0 Å². The van der Waals surface area contributed by atoms with Crippen LogP contribution < -0.4 is 10.1 Å². The molecule has 2 heterocycles. The number of nitrogens with one attached hydrogen (secondary N) is 1. The number of para-hydroxylation sites is 2. The lowest BCUT2D eigenvalue weighted by molar-refractivity contribution is 0.132. The molecular weight excluding hydrogens is 366 g/mol. The maximum atomic E-state index is 13.3. The largest absolute Gasteiger partial charge is 0.492 e. The number of amides is 2. The number of piperidine rings is 1. The molecule has 29 heavy (non-hydrogen) atoms. The molecule has 2 aromatic rings. The second-order valence-corrected chi connectivity index (χ2v) is 7.45. The van der Waals surface area contributed by atoms with Crippen LogP contribution in [0.1, 0.15) is 38.2 Å². The van der Waals surface area contributed by atoms with Gasteiger partial charge in [0.1, 0.15) is 17.3 Å². The second-order valence-electron chi connectivity index (χ2n) is 7.45. The predicted octanol–water partition coefficient (Wildman–Crippen LogP) is 5.02. The van der Waals surface area contributed by atoms with E-state index in [0.29, 0.717) is 24.6 Å². The smallest absolute Gasteiger partial charge is 0.322 e. The summed E-state index contributed by atoms with van der Waals surface area (Å²) >= 11 is 0. The molecule has 6 nitrogen and oxygen atoms in total. The summed E-state index contributed by atoms with van der Waals surface area (Å²) < 4.78 is 11.4. The van der Waals surface area contributed by atoms with Crippen molar-refractivity contribution in [3.8, 4) is 5.75 Å². The number of urea groups is 1. The summed E-state index contributed by atoms with van der Waals surface area (Å²) in [6.45, 7) is 12.7. The minimum absolute atomic E-state index is 0.135. The molecule has 1 N–H and O–H groups in total. The number of aryl methyl sites for hydroxylation is 1. The number of likely N-dealkylation sites (tertiary alicyclic amines) is 1. The Morgan fingerprint density at radius 2 is 2.00 bits per heavy atom. The lowest BCUT2D eigenvalue weighted by Crippen LogP contribution is -2.48. The van der Waals surface area contributed by atoms with Crippen molar-refractivity contribution in [2.75, 3.05) is 25.0 Å². The quantitative estimate of drug-likeness (QED) is 0.713. The van der Waals surface area contributed by atoms with Crippen molar-refractivity contribution in [3.05, 3.63) is 60.2 Å². The zero-order chi connectivity index (χ0) is 20.8. The van der Waals surface area contributed by atoms with Gasteiger partial charge in [0, 0.05) is 24.8 Å². The van der Waals surface area contributed by atoms with Crippen molar-refractivity contribution >= 4 is 11.7 Å². The molecule has 3 rings (SSSR count). The van der Waals surface area contributed by atoms with E-state index in [-0.39, 0.29) is 12.1 Å². The van der Waals surface area contributed by atoms with Crippen molar-refractivity contribution in [3.63, 3.8) is 0 Å². The molecule has 1 aliphatic rings. The van der Waals surface area contributed by atoms with Crippen LogP contribution in [0.5, 0.6) is 5.75 Å². The van der Waals surface area contributed by atoms with Crippen molar-refractivity contribution in [1.29, 1.82) is 0 Å². The summed E-state index contributed by atoms with van der Waals surface area (Å²) in [5.41, 5.74) is 1.76. The van der Waals surface area contributed by atoms with Crippen LogP contribution in [-0.2, 0) is 6.54 Å². The van der Waals surface area contributed by atoms with Crippen LogP contribution in [0.25, 0.3) is 0 Å². The standard InChI is InChI=1S/C23H31N3O3/c1-5-28-22-9-7-6-8-21(22)24-23(27)26(16-20-11-10-18(4)29-20)19-12-14-25(15-13-19)17(2)3/h6-11,19H,2,5,12-16H2,1,3-4H3,(H,24,27). The zero-order valence-corrected chi connectivity index (χ0v) is 17.6. The van der Waals surface area contributed by atoms with E-state index in [4.69, 9.17) is 9.15 Å². The minimum atomic E-state index is -0.139. The molecule has 0 bridgehead atoms. The van der Waals surface area contributed by atoms with Gasteiger partial charge in [0.25, 0.3) is 0 Å². The van der Waals surface area contributed by atoms with Crippen LogP contribution in [-0.4, -0.2) is 41.6 Å². The first-order valence-electron chi connectivity index (χ1n) is 10.2. The molecule has 156 valence electrons. The lowest BCUT2D eigenvalue weighted by Gasteiger charge is -2.39. The van der Waals surface area contributed by atoms with Crippen LogP contribution in [0.15, 0.2) is 53.1 Å². The predicted molar refractivity (Wildman–Crippen MR) is 115 cm³/mol. The Labute approximate surface area is 173 Å². The maximum Gasteiger partial charge on any atom is 0.322 e. The molecule has 6 heteroatoms. The number of ether oxygens (including phenoxy) is 1. The topological polar surface area (TPSA) is 58.0 Å². The van der Waals surface area contributed by atoms with Gasteiger partial charge in [-0.15, -0.1) is 0 Å². The molecule has 0 unspecified atom stereocenters. The Hall–Kier alpha value is -2.89. The summed E-state index contributed by atoms with van der Waals surface area (Å²) in [5, 5.41) is 3.04. The van der Waals surface area contributed by atoms with Crippen molar-refractivity contribution in [2.24, 2.45) is 0 Å². The molecule has 1 fully saturated rings. The molecule has 1 aromatic heterocycles. The van der Waals surface area contributed by atoms with Gasteiger partial charge in [0.15, 0.2) is 0 Å². The Morgan fingerprint density at radius 3 is 2.62 bits per heavy atom. The van der Waals surface area contributed by atoms with E-state index in [9.17, 15) is 4.79 Å². The summed E-state index contributed by atoms with van der Waals surface area (Å²) in [5.74, 6) is 2.31. The average molecular weight is 398 g/mol. The summed E-state index contributed by atoms with van der Waals surface area (Å²) in [6, 6.07) is 11.4. The van der Waals surface area contributed by atoms with Gasteiger partial charge in [0.05, 0.1) is 18.8 Å².